The Morgan fingerprint density at radius 2 is 1.79 bits per heavy atom. The van der Waals surface area contributed by atoms with Gasteiger partial charge in [0.05, 0.1) is 39.8 Å². The number of anilines is 1. The molecule has 0 saturated carbocycles. The maximum atomic E-state index is 13.4. The summed E-state index contributed by atoms with van der Waals surface area (Å²) in [4.78, 5) is 29.3. The van der Waals surface area contributed by atoms with Gasteiger partial charge in [-0.15, -0.1) is 22.7 Å². The minimum atomic E-state index is -4.10. The van der Waals surface area contributed by atoms with E-state index in [9.17, 15) is 13.2 Å². The Kier molecular flexibility index (Phi) is 6.09. The van der Waals surface area contributed by atoms with Gasteiger partial charge in [-0.3, -0.25) is 9.52 Å². The first kappa shape index (κ1) is 24.5. The first-order chi connectivity index (χ1) is 18.4. The number of carbonyl (C=O) groups is 1. The molecule has 0 amide bonds. The number of rotatable bonds is 2. The lowest BCUT2D eigenvalue weighted by molar-refractivity contribution is 0.0980. The summed E-state index contributed by atoms with van der Waals surface area (Å²) in [5.41, 5.74) is 2.65. The van der Waals surface area contributed by atoms with Crippen molar-refractivity contribution in [2.75, 3.05) is 18.9 Å². The van der Waals surface area contributed by atoms with E-state index in [-0.39, 0.29) is 34.2 Å². The smallest absolute Gasteiger partial charge is 0.262 e. The molecule has 8 bridgehead atoms. The molecule has 4 aromatic heterocycles. The van der Waals surface area contributed by atoms with Gasteiger partial charge in [0.25, 0.3) is 10.0 Å². The van der Waals surface area contributed by atoms with Crippen LogP contribution >= 0.6 is 22.7 Å². The van der Waals surface area contributed by atoms with E-state index in [1.165, 1.54) is 50.1 Å². The van der Waals surface area contributed by atoms with Crippen molar-refractivity contribution in [3.8, 4) is 32.6 Å². The zero-order chi connectivity index (χ0) is 26.4. The van der Waals surface area contributed by atoms with Gasteiger partial charge in [-0.1, -0.05) is 0 Å². The highest BCUT2D eigenvalue weighted by Crippen LogP contribution is 2.41. The van der Waals surface area contributed by atoms with E-state index in [0.717, 1.165) is 30.5 Å². The molecule has 1 aromatic carbocycles. The monoisotopic (exact) mass is 564 g/mol. The highest BCUT2D eigenvalue weighted by Gasteiger charge is 2.23. The van der Waals surface area contributed by atoms with Crippen LogP contribution in [-0.4, -0.2) is 43.4 Å². The normalized spacial score (nSPS) is 14.5. The molecule has 5 aromatic rings. The number of pyridine rings is 1. The van der Waals surface area contributed by atoms with Gasteiger partial charge in [0.2, 0.25) is 5.88 Å². The van der Waals surface area contributed by atoms with Crippen LogP contribution in [0.1, 0.15) is 21.7 Å². The van der Waals surface area contributed by atoms with E-state index in [1.807, 2.05) is 18.2 Å². The number of thiophene rings is 2. The largest absolute Gasteiger partial charge is 0.496 e. The van der Waals surface area contributed by atoms with Crippen molar-refractivity contribution < 1.29 is 22.7 Å². The van der Waals surface area contributed by atoms with Gasteiger partial charge in [-0.25, -0.2) is 23.4 Å². The first-order valence-corrected chi connectivity index (χ1v) is 14.6. The molecular weight excluding hydrogens is 545 g/mol. The number of hydrogen-bond donors (Lipinski definition) is 1. The zero-order valence-corrected chi connectivity index (χ0v) is 22.7. The van der Waals surface area contributed by atoms with E-state index < -0.39 is 10.0 Å². The first-order valence-electron chi connectivity index (χ1n) is 11.5. The molecule has 6 rings (SSSR count). The fraction of sp³-hybridized carbons (Fsp3) is 0.154. The molecule has 0 aliphatic carbocycles. The van der Waals surface area contributed by atoms with Crippen molar-refractivity contribution in [3.05, 3.63) is 65.4 Å². The second kappa shape index (κ2) is 9.46. The van der Waals surface area contributed by atoms with E-state index in [2.05, 4.69) is 19.7 Å². The molecule has 0 fully saturated rings. The van der Waals surface area contributed by atoms with Crippen LogP contribution < -0.4 is 14.2 Å². The Morgan fingerprint density at radius 1 is 0.921 bits per heavy atom. The van der Waals surface area contributed by atoms with E-state index in [4.69, 9.17) is 9.47 Å². The molecule has 0 saturated heterocycles. The Labute approximate surface area is 226 Å². The number of nitrogens with one attached hydrogen (secondary N) is 1. The van der Waals surface area contributed by atoms with Gasteiger partial charge in [-0.05, 0) is 48.9 Å². The summed E-state index contributed by atoms with van der Waals surface area (Å²) in [5, 5.41) is 0. The van der Waals surface area contributed by atoms with Gasteiger partial charge in [0, 0.05) is 27.9 Å². The summed E-state index contributed by atoms with van der Waals surface area (Å²) in [6.45, 7) is 0. The third kappa shape index (κ3) is 4.30. The number of ether oxygens (including phenoxy) is 2. The molecule has 0 spiro atoms. The predicted molar refractivity (Wildman–Crippen MR) is 147 cm³/mol. The lowest BCUT2D eigenvalue weighted by Crippen LogP contribution is -2.15. The number of aromatic nitrogens is 3. The molecule has 12 heteroatoms. The second-order valence-corrected chi connectivity index (χ2v) is 12.4. The lowest BCUT2D eigenvalue weighted by atomic mass is 10.0. The molecule has 1 N–H and O–H groups in total. The second-order valence-electron chi connectivity index (χ2n) is 8.48. The average Bonchev–Trinajstić information content (AvgIpc) is 3.58. The topological polar surface area (TPSA) is 120 Å². The van der Waals surface area contributed by atoms with Gasteiger partial charge in [0.1, 0.15) is 23.5 Å². The molecule has 1 aliphatic heterocycles. The van der Waals surface area contributed by atoms with Gasteiger partial charge in [-0.2, -0.15) is 0 Å². The van der Waals surface area contributed by atoms with Crippen LogP contribution in [0.25, 0.3) is 31.2 Å². The summed E-state index contributed by atoms with van der Waals surface area (Å²) in [7, 11) is -1.23. The number of ketones is 1. The zero-order valence-electron chi connectivity index (χ0n) is 20.2. The minimum Gasteiger partial charge on any atom is -0.496 e. The van der Waals surface area contributed by atoms with E-state index in [0.29, 0.717) is 17.7 Å². The number of aryl methyl sites for hydroxylation is 1. The van der Waals surface area contributed by atoms with Crippen LogP contribution in [0.2, 0.25) is 0 Å². The predicted octanol–water partition coefficient (Wildman–Crippen LogP) is 5.43. The quantitative estimate of drug-likeness (QED) is 0.301. The fourth-order valence-electron chi connectivity index (χ4n) is 4.28. The maximum Gasteiger partial charge on any atom is 0.262 e. The highest BCUT2D eigenvalue weighted by molar-refractivity contribution is 7.92. The number of hydrogen-bond acceptors (Lipinski definition) is 10. The molecule has 9 nitrogen and oxygen atoms in total. The van der Waals surface area contributed by atoms with Crippen LogP contribution in [-0.2, 0) is 16.4 Å². The fourth-order valence-corrected chi connectivity index (χ4v) is 7.53. The molecular formula is C26H20N4O5S3. The van der Waals surface area contributed by atoms with Crippen LogP contribution in [0, 0.1) is 0 Å². The Bertz CT molecular complexity index is 1830. The summed E-state index contributed by atoms with van der Waals surface area (Å²) >= 11 is 3.07. The summed E-state index contributed by atoms with van der Waals surface area (Å²) in [5.74, 6) is 0.208. The molecule has 38 heavy (non-hydrogen) atoms. The van der Waals surface area contributed by atoms with Crippen LogP contribution in [0.3, 0.4) is 0 Å². The Hall–Kier alpha value is -3.87. The number of Topliss-reactive ketones (excluding diaryl/α,β-unsaturated/α-hetero) is 1. The molecule has 5 heterocycles. The Morgan fingerprint density at radius 3 is 2.61 bits per heavy atom. The van der Waals surface area contributed by atoms with Crippen LogP contribution in [0.5, 0.6) is 11.6 Å². The Balaban J connectivity index is 1.57. The van der Waals surface area contributed by atoms with Crippen molar-refractivity contribution in [2.24, 2.45) is 0 Å². The van der Waals surface area contributed by atoms with Crippen molar-refractivity contribution in [1.82, 2.24) is 15.0 Å². The number of fused-ring (bicyclic) bond motifs is 9. The summed E-state index contributed by atoms with van der Waals surface area (Å²) in [6.07, 6.45) is 3.85. The molecule has 0 radical (unpaired) electrons. The average molecular weight is 565 g/mol. The molecule has 0 atom stereocenters. The molecule has 0 unspecified atom stereocenters. The van der Waals surface area contributed by atoms with E-state index in [1.54, 1.807) is 23.6 Å². The van der Waals surface area contributed by atoms with Crippen molar-refractivity contribution in [1.29, 1.82) is 0 Å². The van der Waals surface area contributed by atoms with Gasteiger partial charge in [0.15, 0.2) is 5.78 Å². The minimum absolute atomic E-state index is 0.0737. The third-order valence-electron chi connectivity index (χ3n) is 6.16. The summed E-state index contributed by atoms with van der Waals surface area (Å²) < 4.78 is 41.0. The highest BCUT2D eigenvalue weighted by atomic mass is 32.2. The molecule has 1 aliphatic rings. The third-order valence-corrected chi connectivity index (χ3v) is 9.85. The van der Waals surface area contributed by atoms with Crippen molar-refractivity contribution in [2.45, 2.75) is 17.7 Å². The standard InChI is InChI=1S/C26H20N4O5S3/c1-34-21-7-5-16-10-17(21)20(31)6-3-15-4-8-22(36-15)24-25-18(28-13-29-24)11-23(37-25)14-9-19(30-38(16,32)33)26(35-2)27-12-14/h4-5,7-13,30H,3,6H2,1-2H3. The van der Waals surface area contributed by atoms with Crippen LogP contribution in [0.15, 0.2) is 59.9 Å². The number of nitrogens with zero attached hydrogens (tertiary/aromatic N) is 3. The number of carbonyl (C=O) groups excluding carboxylic acids is 1. The van der Waals surface area contributed by atoms with E-state index >= 15 is 0 Å². The van der Waals surface area contributed by atoms with Gasteiger partial charge >= 0.3 is 0 Å². The van der Waals surface area contributed by atoms with Crippen molar-refractivity contribution in [3.63, 3.8) is 0 Å². The number of methoxy groups -OCH3 is 2. The lowest BCUT2D eigenvalue weighted by Gasteiger charge is -2.14. The van der Waals surface area contributed by atoms with Crippen LogP contribution in [0.4, 0.5) is 5.69 Å². The van der Waals surface area contributed by atoms with Crippen molar-refractivity contribution >= 4 is 54.4 Å². The summed E-state index contributed by atoms with van der Waals surface area (Å²) in [6, 6.07) is 11.8. The van der Waals surface area contributed by atoms with Gasteiger partial charge < -0.3 is 9.47 Å². The number of sulfonamides is 1. The maximum absolute atomic E-state index is 13.4. The number of benzene rings is 1. The molecule has 192 valence electrons. The SMILES string of the molecule is COc1ccc2cc1C(=O)CCc1ccc(s1)-c1ncnc3cc(sc13)-c1cnc(OC)c(c1)NS2(=O)=O.